The zero-order chi connectivity index (χ0) is 14.7. The van der Waals surface area contributed by atoms with Gasteiger partial charge in [-0.25, -0.2) is 4.79 Å². The molecule has 104 valence electrons. The first-order valence-corrected chi connectivity index (χ1v) is 6.78. The highest BCUT2D eigenvalue weighted by Crippen LogP contribution is 2.25. The maximum Gasteiger partial charge on any atom is 0.352 e. The monoisotopic (exact) mass is 356 g/mol. The number of carbonyl (C=O) groups excluding carboxylic acids is 1. The van der Waals surface area contributed by atoms with Gasteiger partial charge in [-0.15, -0.1) is 0 Å². The molecule has 2 N–H and O–H groups in total. The number of anilines is 1. The molecule has 1 aromatic carbocycles. The minimum atomic E-state index is -1.07. The Morgan fingerprint density at radius 2 is 2.10 bits per heavy atom. The summed E-state index contributed by atoms with van der Waals surface area (Å²) in [6.45, 7) is -0.0797. The quantitative estimate of drug-likeness (QED) is 0.882. The van der Waals surface area contributed by atoms with Crippen LogP contribution in [0.4, 0.5) is 5.69 Å². The average Bonchev–Trinajstić information content (AvgIpc) is 2.81. The fourth-order valence-corrected chi connectivity index (χ4v) is 2.46. The van der Waals surface area contributed by atoms with Crippen LogP contribution in [-0.4, -0.2) is 21.6 Å². The normalized spacial score (nSPS) is 10.3. The Morgan fingerprint density at radius 1 is 1.35 bits per heavy atom. The molecule has 1 heterocycles. The molecule has 0 unspecified atom stereocenters. The summed E-state index contributed by atoms with van der Waals surface area (Å²) in [5, 5.41) is 12.2. The van der Waals surface area contributed by atoms with Crippen LogP contribution >= 0.6 is 27.5 Å². The van der Waals surface area contributed by atoms with Crippen molar-refractivity contribution in [2.45, 2.75) is 6.54 Å². The Hall–Kier alpha value is -1.79. The van der Waals surface area contributed by atoms with E-state index in [9.17, 15) is 9.59 Å². The van der Waals surface area contributed by atoms with Gasteiger partial charge in [-0.1, -0.05) is 11.6 Å². The SMILES string of the molecule is O=C(Cn1cccc1C(=O)O)Nc1ccc(Cl)cc1Br. The van der Waals surface area contributed by atoms with Gasteiger partial charge in [0.2, 0.25) is 5.91 Å². The summed E-state index contributed by atoms with van der Waals surface area (Å²) in [6.07, 6.45) is 1.54. The van der Waals surface area contributed by atoms with E-state index in [1.54, 1.807) is 30.5 Å². The molecule has 0 aliphatic heterocycles. The minimum absolute atomic E-state index is 0.0651. The summed E-state index contributed by atoms with van der Waals surface area (Å²) in [4.78, 5) is 22.9. The van der Waals surface area contributed by atoms with Crippen LogP contribution in [0.25, 0.3) is 0 Å². The minimum Gasteiger partial charge on any atom is -0.477 e. The molecule has 20 heavy (non-hydrogen) atoms. The Morgan fingerprint density at radius 3 is 2.75 bits per heavy atom. The standard InChI is InChI=1S/C13H10BrClN2O3/c14-9-6-8(15)3-4-10(9)16-12(18)7-17-5-1-2-11(17)13(19)20/h1-6H,7H2,(H,16,18)(H,19,20). The van der Waals surface area contributed by atoms with E-state index in [-0.39, 0.29) is 18.1 Å². The number of carbonyl (C=O) groups is 2. The Balaban J connectivity index is 2.09. The molecule has 2 aromatic rings. The molecule has 0 aliphatic rings. The van der Waals surface area contributed by atoms with Crippen LogP contribution in [0.2, 0.25) is 5.02 Å². The van der Waals surface area contributed by atoms with E-state index >= 15 is 0 Å². The van der Waals surface area contributed by atoms with E-state index < -0.39 is 5.97 Å². The number of nitrogens with zero attached hydrogens (tertiary/aromatic N) is 1. The zero-order valence-corrected chi connectivity index (χ0v) is 12.5. The van der Waals surface area contributed by atoms with Crippen LogP contribution in [0.1, 0.15) is 10.5 Å². The van der Waals surface area contributed by atoms with Crippen molar-refractivity contribution < 1.29 is 14.7 Å². The predicted octanol–water partition coefficient (Wildman–Crippen LogP) is 3.24. The number of amides is 1. The Bertz CT molecular complexity index is 669. The van der Waals surface area contributed by atoms with Gasteiger partial charge in [-0.3, -0.25) is 4.79 Å². The summed E-state index contributed by atoms with van der Waals surface area (Å²) in [7, 11) is 0. The molecule has 7 heteroatoms. The number of aromatic carboxylic acids is 1. The number of rotatable bonds is 4. The molecule has 0 saturated carbocycles. The van der Waals surface area contributed by atoms with Crippen LogP contribution in [-0.2, 0) is 11.3 Å². The molecule has 1 amide bonds. The van der Waals surface area contributed by atoms with E-state index in [1.807, 2.05) is 0 Å². The topological polar surface area (TPSA) is 71.3 Å². The maximum absolute atomic E-state index is 11.9. The molecule has 0 aliphatic carbocycles. The van der Waals surface area contributed by atoms with Crippen molar-refractivity contribution in [3.8, 4) is 0 Å². The lowest BCUT2D eigenvalue weighted by Gasteiger charge is -2.09. The van der Waals surface area contributed by atoms with E-state index in [0.29, 0.717) is 15.2 Å². The van der Waals surface area contributed by atoms with Gasteiger partial charge in [0.1, 0.15) is 12.2 Å². The highest BCUT2D eigenvalue weighted by atomic mass is 79.9. The number of halogens is 2. The second-order valence-electron chi connectivity index (χ2n) is 4.00. The van der Waals surface area contributed by atoms with Crippen molar-refractivity contribution in [1.82, 2.24) is 4.57 Å². The van der Waals surface area contributed by atoms with Gasteiger partial charge in [0.05, 0.1) is 5.69 Å². The zero-order valence-electron chi connectivity index (χ0n) is 10.1. The second-order valence-corrected chi connectivity index (χ2v) is 5.29. The molecule has 0 atom stereocenters. The second kappa shape index (κ2) is 6.11. The van der Waals surface area contributed by atoms with Crippen molar-refractivity contribution in [2.24, 2.45) is 0 Å². The summed E-state index contributed by atoms with van der Waals surface area (Å²) in [6, 6.07) is 8.00. The summed E-state index contributed by atoms with van der Waals surface area (Å²) >= 11 is 9.10. The maximum atomic E-state index is 11.9. The van der Waals surface area contributed by atoms with Gasteiger partial charge < -0.3 is 15.0 Å². The van der Waals surface area contributed by atoms with Crippen LogP contribution < -0.4 is 5.32 Å². The van der Waals surface area contributed by atoms with Gasteiger partial charge in [-0.2, -0.15) is 0 Å². The first kappa shape index (κ1) is 14.6. The molecule has 0 spiro atoms. The van der Waals surface area contributed by atoms with Gasteiger partial charge in [-0.05, 0) is 46.3 Å². The number of hydrogen-bond donors (Lipinski definition) is 2. The summed E-state index contributed by atoms with van der Waals surface area (Å²) in [5.74, 6) is -1.40. The van der Waals surface area contributed by atoms with Crippen LogP contribution in [0.3, 0.4) is 0 Å². The van der Waals surface area contributed by atoms with Gasteiger partial charge in [0.15, 0.2) is 0 Å². The Kier molecular flexibility index (Phi) is 4.46. The third-order valence-corrected chi connectivity index (χ3v) is 3.46. The third kappa shape index (κ3) is 3.40. The predicted molar refractivity (Wildman–Crippen MR) is 79.2 cm³/mol. The summed E-state index contributed by atoms with van der Waals surface area (Å²) in [5.41, 5.74) is 0.638. The van der Waals surface area contributed by atoms with Crippen LogP contribution in [0.15, 0.2) is 41.0 Å². The van der Waals surface area contributed by atoms with Gasteiger partial charge in [0, 0.05) is 15.7 Å². The van der Waals surface area contributed by atoms with Crippen molar-refractivity contribution in [3.63, 3.8) is 0 Å². The molecule has 1 aromatic heterocycles. The fourth-order valence-electron chi connectivity index (χ4n) is 1.68. The van der Waals surface area contributed by atoms with Crippen LogP contribution in [0.5, 0.6) is 0 Å². The van der Waals surface area contributed by atoms with Crippen LogP contribution in [0, 0.1) is 0 Å². The van der Waals surface area contributed by atoms with Crippen molar-refractivity contribution in [1.29, 1.82) is 0 Å². The molecule has 5 nitrogen and oxygen atoms in total. The van der Waals surface area contributed by atoms with E-state index in [1.165, 1.54) is 10.6 Å². The number of nitrogens with one attached hydrogen (secondary N) is 1. The molecule has 2 rings (SSSR count). The third-order valence-electron chi connectivity index (χ3n) is 2.57. The molecule has 0 saturated heterocycles. The number of carboxylic acids is 1. The first-order chi connectivity index (χ1) is 9.47. The summed E-state index contributed by atoms with van der Waals surface area (Å²) < 4.78 is 2.02. The van der Waals surface area contributed by atoms with Gasteiger partial charge in [0.25, 0.3) is 0 Å². The largest absolute Gasteiger partial charge is 0.477 e. The number of hydrogen-bond acceptors (Lipinski definition) is 2. The first-order valence-electron chi connectivity index (χ1n) is 5.60. The number of aromatic nitrogens is 1. The average molecular weight is 358 g/mol. The highest BCUT2D eigenvalue weighted by molar-refractivity contribution is 9.10. The number of carboxylic acid groups (broad SMARTS) is 1. The van der Waals surface area contributed by atoms with Crippen molar-refractivity contribution in [2.75, 3.05) is 5.32 Å². The van der Waals surface area contributed by atoms with E-state index in [4.69, 9.17) is 16.7 Å². The smallest absolute Gasteiger partial charge is 0.352 e. The Labute approximate surface area is 128 Å². The molecule has 0 radical (unpaired) electrons. The highest BCUT2D eigenvalue weighted by Gasteiger charge is 2.12. The fraction of sp³-hybridized carbons (Fsp3) is 0.0769. The van der Waals surface area contributed by atoms with E-state index in [0.717, 1.165) is 0 Å². The van der Waals surface area contributed by atoms with Gasteiger partial charge >= 0.3 is 5.97 Å². The van der Waals surface area contributed by atoms with E-state index in [2.05, 4.69) is 21.2 Å². The lowest BCUT2D eigenvalue weighted by molar-refractivity contribution is -0.116. The number of benzene rings is 1. The van der Waals surface area contributed by atoms with Crippen molar-refractivity contribution >= 4 is 45.1 Å². The molecule has 0 bridgehead atoms. The molecular formula is C13H10BrClN2O3. The molecular weight excluding hydrogens is 348 g/mol. The van der Waals surface area contributed by atoms with Crippen molar-refractivity contribution in [3.05, 3.63) is 51.7 Å². The lowest BCUT2D eigenvalue weighted by atomic mass is 10.3. The molecule has 0 fully saturated rings. The lowest BCUT2D eigenvalue weighted by Crippen LogP contribution is -2.21.